The average molecular weight is 328 g/mol. The van der Waals surface area contributed by atoms with Crippen LogP contribution in [-0.2, 0) is 17.8 Å². The smallest absolute Gasteiger partial charge is 0.258 e. The molecule has 0 radical (unpaired) electrons. The molecule has 0 bridgehead atoms. The number of aromatic nitrogens is 2. The fraction of sp³-hybridized carbons (Fsp3) is 0.118. The molecule has 2 aromatic carbocycles. The lowest BCUT2D eigenvalue weighted by atomic mass is 10.1. The number of H-pyrrole nitrogens is 1. The first-order valence-electron chi connectivity index (χ1n) is 7.11. The van der Waals surface area contributed by atoms with E-state index >= 15 is 0 Å². The molecule has 0 unspecified atom stereocenters. The molecule has 5 nitrogen and oxygen atoms in total. The van der Waals surface area contributed by atoms with Crippen LogP contribution >= 0.6 is 11.6 Å². The fourth-order valence-corrected chi connectivity index (χ4v) is 2.51. The van der Waals surface area contributed by atoms with Crippen molar-refractivity contribution in [3.05, 3.63) is 75.3 Å². The summed E-state index contributed by atoms with van der Waals surface area (Å²) in [5.74, 6) is 0.260. The van der Waals surface area contributed by atoms with E-state index in [-0.39, 0.29) is 24.4 Å². The van der Waals surface area contributed by atoms with Gasteiger partial charge in [0.05, 0.1) is 23.9 Å². The molecule has 0 fully saturated rings. The van der Waals surface area contributed by atoms with E-state index in [0.717, 1.165) is 5.56 Å². The van der Waals surface area contributed by atoms with Crippen molar-refractivity contribution in [2.45, 2.75) is 13.0 Å². The molecule has 1 heterocycles. The van der Waals surface area contributed by atoms with Gasteiger partial charge in [0, 0.05) is 5.02 Å². The van der Waals surface area contributed by atoms with Gasteiger partial charge in [-0.3, -0.25) is 9.59 Å². The number of nitrogens with one attached hydrogen (secondary N) is 2. The van der Waals surface area contributed by atoms with Gasteiger partial charge in [-0.05, 0) is 29.8 Å². The number of amides is 1. The normalized spacial score (nSPS) is 10.7. The zero-order valence-electron chi connectivity index (χ0n) is 12.2. The van der Waals surface area contributed by atoms with Gasteiger partial charge in [0.2, 0.25) is 5.91 Å². The summed E-state index contributed by atoms with van der Waals surface area (Å²) >= 11 is 5.89. The van der Waals surface area contributed by atoms with Crippen molar-refractivity contribution in [1.82, 2.24) is 15.3 Å². The number of hydrogen-bond acceptors (Lipinski definition) is 3. The van der Waals surface area contributed by atoms with E-state index in [1.54, 1.807) is 36.4 Å². The van der Waals surface area contributed by atoms with Gasteiger partial charge in [-0.2, -0.15) is 0 Å². The lowest BCUT2D eigenvalue weighted by Gasteiger charge is -2.06. The first-order chi connectivity index (χ1) is 11.1. The maximum atomic E-state index is 12.0. The van der Waals surface area contributed by atoms with Crippen LogP contribution in [0.5, 0.6) is 0 Å². The third-order valence-corrected chi connectivity index (χ3v) is 3.60. The molecule has 0 aliphatic carbocycles. The van der Waals surface area contributed by atoms with E-state index in [4.69, 9.17) is 11.6 Å². The number of benzene rings is 2. The number of halogens is 1. The van der Waals surface area contributed by atoms with Gasteiger partial charge < -0.3 is 10.3 Å². The summed E-state index contributed by atoms with van der Waals surface area (Å²) in [6.45, 7) is 0.166. The monoisotopic (exact) mass is 327 g/mol. The Labute approximate surface area is 137 Å². The van der Waals surface area contributed by atoms with Crippen LogP contribution in [0.1, 0.15) is 11.4 Å². The first-order valence-corrected chi connectivity index (χ1v) is 7.49. The van der Waals surface area contributed by atoms with E-state index in [2.05, 4.69) is 15.3 Å². The summed E-state index contributed by atoms with van der Waals surface area (Å²) in [5.41, 5.74) is 1.22. The van der Waals surface area contributed by atoms with Gasteiger partial charge in [0.15, 0.2) is 0 Å². The summed E-state index contributed by atoms with van der Waals surface area (Å²) in [7, 11) is 0. The third kappa shape index (κ3) is 3.76. The number of carbonyl (C=O) groups is 1. The Balaban J connectivity index is 1.68. The summed E-state index contributed by atoms with van der Waals surface area (Å²) < 4.78 is 0. The number of nitrogens with zero attached hydrogens (tertiary/aromatic N) is 1. The van der Waals surface area contributed by atoms with Crippen LogP contribution in [0.2, 0.25) is 5.02 Å². The maximum absolute atomic E-state index is 12.0. The highest BCUT2D eigenvalue weighted by atomic mass is 35.5. The summed E-state index contributed by atoms with van der Waals surface area (Å²) in [5, 5.41) is 3.87. The van der Waals surface area contributed by atoms with Gasteiger partial charge in [-0.1, -0.05) is 35.9 Å². The minimum absolute atomic E-state index is 0.164. The number of fused-ring (bicyclic) bond motifs is 1. The molecule has 0 spiro atoms. The van der Waals surface area contributed by atoms with E-state index < -0.39 is 0 Å². The highest BCUT2D eigenvalue weighted by Gasteiger charge is 2.07. The zero-order chi connectivity index (χ0) is 16.2. The molecule has 3 aromatic rings. The Morgan fingerprint density at radius 2 is 2.00 bits per heavy atom. The highest BCUT2D eigenvalue weighted by Crippen LogP contribution is 2.11. The number of rotatable bonds is 4. The lowest BCUT2D eigenvalue weighted by molar-refractivity contribution is -0.120. The molecular formula is C17H14ClN3O2. The average Bonchev–Trinajstić information content (AvgIpc) is 2.53. The van der Waals surface area contributed by atoms with Crippen LogP contribution < -0.4 is 10.9 Å². The molecule has 0 saturated heterocycles. The molecule has 0 atom stereocenters. The molecule has 3 rings (SSSR count). The largest absolute Gasteiger partial charge is 0.349 e. The van der Waals surface area contributed by atoms with Crippen LogP contribution in [0.15, 0.2) is 53.3 Å². The van der Waals surface area contributed by atoms with Crippen molar-refractivity contribution in [3.63, 3.8) is 0 Å². The molecule has 2 N–H and O–H groups in total. The SMILES string of the molecule is O=C(Cc1cccc(Cl)c1)NCc1nc2ccccc2c(=O)[nH]1. The van der Waals surface area contributed by atoms with E-state index in [1.165, 1.54) is 0 Å². The van der Waals surface area contributed by atoms with Gasteiger partial charge in [0.25, 0.3) is 5.56 Å². The van der Waals surface area contributed by atoms with Gasteiger partial charge in [0.1, 0.15) is 5.82 Å². The molecule has 1 amide bonds. The Morgan fingerprint density at radius 3 is 2.83 bits per heavy atom. The molecule has 0 saturated carbocycles. The molecule has 6 heteroatoms. The molecule has 1 aromatic heterocycles. The number of aromatic amines is 1. The molecule has 23 heavy (non-hydrogen) atoms. The fourth-order valence-electron chi connectivity index (χ4n) is 2.30. The van der Waals surface area contributed by atoms with Crippen LogP contribution in [0.4, 0.5) is 0 Å². The maximum Gasteiger partial charge on any atom is 0.258 e. The third-order valence-electron chi connectivity index (χ3n) is 3.37. The minimum atomic E-state index is -0.213. The highest BCUT2D eigenvalue weighted by molar-refractivity contribution is 6.30. The topological polar surface area (TPSA) is 74.8 Å². The number of carbonyl (C=O) groups excluding carboxylic acids is 1. The molecule has 0 aliphatic heterocycles. The van der Waals surface area contributed by atoms with Crippen molar-refractivity contribution in [1.29, 1.82) is 0 Å². The first kappa shape index (κ1) is 15.2. The predicted molar refractivity (Wildman–Crippen MR) is 89.4 cm³/mol. The van der Waals surface area contributed by atoms with E-state index in [9.17, 15) is 9.59 Å². The second kappa shape index (κ2) is 6.62. The molecule has 116 valence electrons. The standard InChI is InChI=1S/C17H14ClN3O2/c18-12-5-3-4-11(8-12)9-16(22)19-10-15-20-14-7-2-1-6-13(14)17(23)21-15/h1-8H,9-10H2,(H,19,22)(H,20,21,23). The summed E-state index contributed by atoms with van der Waals surface area (Å²) in [6.07, 6.45) is 0.221. The van der Waals surface area contributed by atoms with Crippen molar-refractivity contribution in [2.75, 3.05) is 0 Å². The Bertz CT molecular complexity index is 921. The van der Waals surface area contributed by atoms with Crippen LogP contribution in [0.25, 0.3) is 10.9 Å². The Hall–Kier alpha value is -2.66. The summed E-state index contributed by atoms with van der Waals surface area (Å²) in [6, 6.07) is 14.2. The molecule has 0 aliphatic rings. The summed E-state index contributed by atoms with van der Waals surface area (Å²) in [4.78, 5) is 30.9. The van der Waals surface area contributed by atoms with Crippen molar-refractivity contribution < 1.29 is 4.79 Å². The van der Waals surface area contributed by atoms with Crippen LogP contribution in [-0.4, -0.2) is 15.9 Å². The second-order valence-corrected chi connectivity index (χ2v) is 5.55. The predicted octanol–water partition coefficient (Wildman–Crippen LogP) is 2.44. The minimum Gasteiger partial charge on any atom is -0.349 e. The second-order valence-electron chi connectivity index (χ2n) is 5.11. The number of para-hydroxylation sites is 1. The van der Waals surface area contributed by atoms with Gasteiger partial charge in [-0.25, -0.2) is 4.98 Å². The number of hydrogen-bond donors (Lipinski definition) is 2. The van der Waals surface area contributed by atoms with Crippen LogP contribution in [0, 0.1) is 0 Å². The van der Waals surface area contributed by atoms with E-state index in [0.29, 0.717) is 21.7 Å². The van der Waals surface area contributed by atoms with E-state index in [1.807, 2.05) is 12.1 Å². The van der Waals surface area contributed by atoms with Crippen molar-refractivity contribution >= 4 is 28.4 Å². The Kier molecular flexibility index (Phi) is 4.39. The quantitative estimate of drug-likeness (QED) is 0.773. The zero-order valence-corrected chi connectivity index (χ0v) is 12.9. The van der Waals surface area contributed by atoms with Crippen molar-refractivity contribution in [2.24, 2.45) is 0 Å². The van der Waals surface area contributed by atoms with Gasteiger partial charge in [-0.15, -0.1) is 0 Å². The lowest BCUT2D eigenvalue weighted by Crippen LogP contribution is -2.27. The Morgan fingerprint density at radius 1 is 1.17 bits per heavy atom. The van der Waals surface area contributed by atoms with Crippen molar-refractivity contribution in [3.8, 4) is 0 Å². The van der Waals surface area contributed by atoms with Crippen LogP contribution in [0.3, 0.4) is 0 Å². The van der Waals surface area contributed by atoms with Gasteiger partial charge >= 0.3 is 0 Å². The molecular weight excluding hydrogens is 314 g/mol.